The summed E-state index contributed by atoms with van der Waals surface area (Å²) in [6.07, 6.45) is -7.09. The van der Waals surface area contributed by atoms with Gasteiger partial charge in [-0.2, -0.15) is 26.3 Å². The molecule has 0 atom stereocenters. The topological polar surface area (TPSA) is 0 Å². The van der Waals surface area contributed by atoms with E-state index in [2.05, 4.69) is 0 Å². The zero-order valence-corrected chi connectivity index (χ0v) is 14.4. The van der Waals surface area contributed by atoms with E-state index >= 15 is 0 Å². The molecule has 0 N–H and O–H groups in total. The highest BCUT2D eigenvalue weighted by Crippen LogP contribution is 2.46. The van der Waals surface area contributed by atoms with Crippen molar-refractivity contribution in [2.75, 3.05) is 0 Å². The lowest BCUT2D eigenvalue weighted by Gasteiger charge is -2.25. The third kappa shape index (κ3) is 4.10. The van der Waals surface area contributed by atoms with Crippen LogP contribution >= 0.6 is 0 Å². The van der Waals surface area contributed by atoms with Crippen molar-refractivity contribution in [3.8, 4) is 0 Å². The minimum absolute atomic E-state index is 0.0225. The molecular weight excluding hydrogens is 366 g/mol. The molecule has 0 radical (unpaired) electrons. The molecule has 0 saturated carbocycles. The van der Waals surface area contributed by atoms with Crippen molar-refractivity contribution in [2.24, 2.45) is 0 Å². The maximum absolute atomic E-state index is 13.9. The number of hydrogen-bond donors (Lipinski definition) is 0. The molecule has 1 aliphatic rings. The summed E-state index contributed by atoms with van der Waals surface area (Å²) in [5, 5.41) is 0. The SMILES string of the molecule is Cc1ccc(C2=CCCC(c3ccc(C(F)(F)F)cc3)=C2C(F)(F)F)cc1. The van der Waals surface area contributed by atoms with Gasteiger partial charge in [0.2, 0.25) is 0 Å². The van der Waals surface area contributed by atoms with Crippen LogP contribution in [0.3, 0.4) is 0 Å². The zero-order valence-electron chi connectivity index (χ0n) is 14.4. The predicted molar refractivity (Wildman–Crippen MR) is 92.8 cm³/mol. The number of rotatable bonds is 2. The smallest absolute Gasteiger partial charge is 0.166 e. The fraction of sp³-hybridized carbons (Fsp3) is 0.238. The summed E-state index contributed by atoms with van der Waals surface area (Å²) < 4.78 is 79.9. The molecule has 0 aliphatic heterocycles. The summed E-state index contributed by atoms with van der Waals surface area (Å²) in [6.45, 7) is 1.84. The summed E-state index contributed by atoms with van der Waals surface area (Å²) in [4.78, 5) is 0. The normalized spacial score (nSPS) is 15.7. The van der Waals surface area contributed by atoms with E-state index in [0.717, 1.165) is 29.8 Å². The molecule has 0 spiro atoms. The molecule has 0 bridgehead atoms. The van der Waals surface area contributed by atoms with Crippen LogP contribution in [0.1, 0.15) is 35.1 Å². The van der Waals surface area contributed by atoms with Crippen LogP contribution in [0.4, 0.5) is 26.3 Å². The molecule has 1 aliphatic carbocycles. The van der Waals surface area contributed by atoms with Crippen LogP contribution in [0, 0.1) is 6.92 Å². The first-order valence-electron chi connectivity index (χ1n) is 8.33. The van der Waals surface area contributed by atoms with Gasteiger partial charge >= 0.3 is 12.4 Å². The Morgan fingerprint density at radius 3 is 1.78 bits per heavy atom. The lowest BCUT2D eigenvalue weighted by Crippen LogP contribution is -2.18. The Kier molecular flexibility index (Phi) is 4.93. The second-order valence-electron chi connectivity index (χ2n) is 6.45. The second kappa shape index (κ2) is 6.91. The van der Waals surface area contributed by atoms with Crippen LogP contribution in [0.25, 0.3) is 11.1 Å². The Hall–Kier alpha value is -2.50. The summed E-state index contributed by atoms with van der Waals surface area (Å²) in [6, 6.07) is 10.6. The van der Waals surface area contributed by atoms with Crippen LogP contribution in [-0.4, -0.2) is 6.18 Å². The number of alkyl halides is 6. The first-order chi connectivity index (χ1) is 12.6. The monoisotopic (exact) mass is 382 g/mol. The van der Waals surface area contributed by atoms with Crippen molar-refractivity contribution in [3.63, 3.8) is 0 Å². The summed E-state index contributed by atoms with van der Waals surface area (Å²) in [5.41, 5.74) is -0.0402. The van der Waals surface area contributed by atoms with Gasteiger partial charge in [-0.05, 0) is 54.2 Å². The molecule has 0 aromatic heterocycles. The van der Waals surface area contributed by atoms with Gasteiger partial charge < -0.3 is 0 Å². The average molecular weight is 382 g/mol. The van der Waals surface area contributed by atoms with E-state index in [9.17, 15) is 26.3 Å². The quantitative estimate of drug-likeness (QED) is 0.482. The molecule has 2 aromatic carbocycles. The van der Waals surface area contributed by atoms with Crippen LogP contribution in [-0.2, 0) is 6.18 Å². The number of allylic oxidation sites excluding steroid dienone is 4. The van der Waals surface area contributed by atoms with Crippen LogP contribution in [0.5, 0.6) is 0 Å². The van der Waals surface area contributed by atoms with E-state index in [-0.39, 0.29) is 23.1 Å². The molecule has 0 unspecified atom stereocenters. The lowest BCUT2D eigenvalue weighted by atomic mass is 9.83. The van der Waals surface area contributed by atoms with Gasteiger partial charge in [0, 0.05) is 0 Å². The molecule has 2 aromatic rings. The van der Waals surface area contributed by atoms with Crippen molar-refractivity contribution in [2.45, 2.75) is 32.1 Å². The van der Waals surface area contributed by atoms with Gasteiger partial charge in [0.1, 0.15) is 0 Å². The Morgan fingerprint density at radius 2 is 1.26 bits per heavy atom. The first kappa shape index (κ1) is 19.3. The molecule has 0 saturated heterocycles. The Labute approximate surface area is 152 Å². The van der Waals surface area contributed by atoms with Gasteiger partial charge in [0.05, 0.1) is 11.1 Å². The number of aryl methyl sites for hydroxylation is 1. The Morgan fingerprint density at radius 1 is 0.704 bits per heavy atom. The third-order valence-corrected chi connectivity index (χ3v) is 4.52. The van der Waals surface area contributed by atoms with Crippen LogP contribution in [0.2, 0.25) is 0 Å². The van der Waals surface area contributed by atoms with Gasteiger partial charge in [-0.15, -0.1) is 0 Å². The fourth-order valence-electron chi connectivity index (χ4n) is 3.22. The van der Waals surface area contributed by atoms with Crippen molar-refractivity contribution in [1.82, 2.24) is 0 Å². The molecule has 0 heterocycles. The maximum atomic E-state index is 13.9. The van der Waals surface area contributed by atoms with E-state index in [4.69, 9.17) is 0 Å². The fourth-order valence-corrected chi connectivity index (χ4v) is 3.22. The molecule has 0 nitrogen and oxygen atoms in total. The molecule has 27 heavy (non-hydrogen) atoms. The third-order valence-electron chi connectivity index (χ3n) is 4.52. The molecule has 142 valence electrons. The summed E-state index contributed by atoms with van der Waals surface area (Å²) >= 11 is 0. The maximum Gasteiger partial charge on any atom is 0.417 e. The predicted octanol–water partition coefficient (Wildman–Crippen LogP) is 7.21. The highest BCUT2D eigenvalue weighted by molar-refractivity contribution is 5.92. The minimum atomic E-state index is -4.62. The molecule has 6 heteroatoms. The van der Waals surface area contributed by atoms with E-state index in [0.29, 0.717) is 12.0 Å². The summed E-state index contributed by atoms with van der Waals surface area (Å²) in [7, 11) is 0. The van der Waals surface area contributed by atoms with Gasteiger partial charge in [0.25, 0.3) is 0 Å². The van der Waals surface area contributed by atoms with E-state index < -0.39 is 23.5 Å². The minimum Gasteiger partial charge on any atom is -0.166 e. The van der Waals surface area contributed by atoms with Gasteiger partial charge in [-0.3, -0.25) is 0 Å². The van der Waals surface area contributed by atoms with Gasteiger partial charge in [0.15, 0.2) is 0 Å². The van der Waals surface area contributed by atoms with Crippen LogP contribution in [0.15, 0.2) is 60.2 Å². The average Bonchev–Trinajstić information content (AvgIpc) is 2.60. The summed E-state index contributed by atoms with van der Waals surface area (Å²) in [5.74, 6) is 0. The number of halogens is 6. The molecule has 0 amide bonds. The van der Waals surface area contributed by atoms with Crippen molar-refractivity contribution >= 4 is 11.1 Å². The standard InChI is InChI=1S/C21H16F6/c1-13-5-7-14(8-6-13)17-3-2-4-18(19(17)21(25,26)27)15-9-11-16(12-10-15)20(22,23)24/h3,5-12H,2,4H2,1H3. The van der Waals surface area contributed by atoms with Crippen LogP contribution < -0.4 is 0 Å². The highest BCUT2D eigenvalue weighted by atomic mass is 19.4. The van der Waals surface area contributed by atoms with Gasteiger partial charge in [-0.25, -0.2) is 0 Å². The van der Waals surface area contributed by atoms with Gasteiger partial charge in [-0.1, -0.05) is 48.0 Å². The second-order valence-corrected chi connectivity index (χ2v) is 6.45. The number of benzene rings is 2. The van der Waals surface area contributed by atoms with Crippen molar-refractivity contribution < 1.29 is 26.3 Å². The molecule has 3 rings (SSSR count). The Balaban J connectivity index is 2.12. The van der Waals surface area contributed by atoms with Crippen molar-refractivity contribution in [1.29, 1.82) is 0 Å². The molecule has 0 fully saturated rings. The zero-order chi connectivity index (χ0) is 19.8. The van der Waals surface area contributed by atoms with E-state index in [1.54, 1.807) is 30.3 Å². The Bertz CT molecular complexity index is 878. The first-order valence-corrected chi connectivity index (χ1v) is 8.33. The van der Waals surface area contributed by atoms with E-state index in [1.165, 1.54) is 0 Å². The van der Waals surface area contributed by atoms with Crippen molar-refractivity contribution in [3.05, 3.63) is 82.4 Å². The number of hydrogen-bond acceptors (Lipinski definition) is 0. The van der Waals surface area contributed by atoms with E-state index in [1.807, 2.05) is 6.92 Å². The molecular formula is C21H16F6. The largest absolute Gasteiger partial charge is 0.417 e. The lowest BCUT2D eigenvalue weighted by molar-refractivity contribution is -0.137. The highest BCUT2D eigenvalue weighted by Gasteiger charge is 2.40.